The van der Waals surface area contributed by atoms with Crippen molar-refractivity contribution in [2.24, 2.45) is 7.05 Å². The molecule has 2 aromatic rings. The Morgan fingerprint density at radius 2 is 1.94 bits per heavy atom. The van der Waals surface area contributed by atoms with Crippen LogP contribution in [0.5, 0.6) is 0 Å². The average molecular weight is 225 g/mol. The molecule has 1 aromatic carbocycles. The summed E-state index contributed by atoms with van der Waals surface area (Å²) in [5.41, 5.74) is -0.578. The Morgan fingerprint density at radius 3 is 2.44 bits per heavy atom. The monoisotopic (exact) mass is 225 g/mol. The quantitative estimate of drug-likeness (QED) is 0.762. The van der Waals surface area contributed by atoms with Gasteiger partial charge in [-0.15, -0.1) is 0 Å². The molecule has 6 heteroatoms. The topological polar surface area (TPSA) is 39.8 Å². The van der Waals surface area contributed by atoms with Crippen molar-refractivity contribution in [1.29, 1.82) is 0 Å². The Balaban J connectivity index is 2.42. The summed E-state index contributed by atoms with van der Waals surface area (Å²) in [6.45, 7) is -0.210. The molecular formula is C10H9F2N3O. The molecule has 84 valence electrons. The lowest BCUT2D eigenvalue weighted by Crippen LogP contribution is -2.24. The lowest BCUT2D eigenvalue weighted by molar-refractivity contribution is 0.526. The summed E-state index contributed by atoms with van der Waals surface area (Å²) in [4.78, 5) is 11.4. The van der Waals surface area contributed by atoms with Crippen molar-refractivity contribution < 1.29 is 8.78 Å². The third-order valence-electron chi connectivity index (χ3n) is 2.26. The number of hydrogen-bond acceptors (Lipinski definition) is 2. The first-order valence-electron chi connectivity index (χ1n) is 4.61. The van der Waals surface area contributed by atoms with E-state index in [0.29, 0.717) is 0 Å². The van der Waals surface area contributed by atoms with Gasteiger partial charge < -0.3 is 0 Å². The molecule has 4 nitrogen and oxygen atoms in total. The average Bonchev–Trinajstić information content (AvgIpc) is 2.55. The molecule has 0 aliphatic heterocycles. The van der Waals surface area contributed by atoms with Gasteiger partial charge in [-0.05, 0) is 12.1 Å². The second-order valence-corrected chi connectivity index (χ2v) is 3.38. The van der Waals surface area contributed by atoms with Gasteiger partial charge in [-0.2, -0.15) is 5.10 Å². The first-order valence-corrected chi connectivity index (χ1v) is 4.61. The van der Waals surface area contributed by atoms with Gasteiger partial charge in [0.25, 0.3) is 0 Å². The van der Waals surface area contributed by atoms with Crippen LogP contribution in [-0.4, -0.2) is 14.3 Å². The summed E-state index contributed by atoms with van der Waals surface area (Å²) in [7, 11) is 1.52. The van der Waals surface area contributed by atoms with E-state index in [1.165, 1.54) is 24.0 Å². The molecule has 1 heterocycles. The molecule has 2 rings (SSSR count). The van der Waals surface area contributed by atoms with E-state index in [0.717, 1.165) is 16.8 Å². The lowest BCUT2D eigenvalue weighted by Gasteiger charge is -2.03. The molecule has 0 saturated heterocycles. The third-order valence-corrected chi connectivity index (χ3v) is 2.26. The van der Waals surface area contributed by atoms with Crippen molar-refractivity contribution >= 4 is 0 Å². The minimum Gasteiger partial charge on any atom is -0.285 e. The van der Waals surface area contributed by atoms with Crippen molar-refractivity contribution in [2.75, 3.05) is 0 Å². The maximum atomic E-state index is 13.3. The Hall–Kier alpha value is -1.98. The van der Waals surface area contributed by atoms with Gasteiger partial charge in [0.1, 0.15) is 18.0 Å². The second-order valence-electron chi connectivity index (χ2n) is 3.38. The second kappa shape index (κ2) is 3.88. The van der Waals surface area contributed by atoms with Crippen LogP contribution in [0.15, 0.2) is 29.3 Å². The molecule has 0 N–H and O–H groups in total. The molecule has 0 radical (unpaired) electrons. The van der Waals surface area contributed by atoms with E-state index >= 15 is 0 Å². The van der Waals surface area contributed by atoms with E-state index in [-0.39, 0.29) is 12.1 Å². The highest BCUT2D eigenvalue weighted by Crippen LogP contribution is 2.12. The van der Waals surface area contributed by atoms with Crippen LogP contribution in [0.2, 0.25) is 0 Å². The SMILES string of the molecule is Cn1cnn(Cc2c(F)cccc2F)c1=O. The zero-order valence-corrected chi connectivity index (χ0v) is 8.52. The fraction of sp³-hybridized carbons (Fsp3) is 0.200. The van der Waals surface area contributed by atoms with Gasteiger partial charge in [-0.3, -0.25) is 4.57 Å². The number of aromatic nitrogens is 3. The molecule has 0 atom stereocenters. The van der Waals surface area contributed by atoms with Gasteiger partial charge >= 0.3 is 5.69 Å². The van der Waals surface area contributed by atoms with Gasteiger partial charge in [0, 0.05) is 12.6 Å². The Labute approximate surface area is 89.7 Å². The highest BCUT2D eigenvalue weighted by molar-refractivity contribution is 5.19. The van der Waals surface area contributed by atoms with Crippen LogP contribution in [0.4, 0.5) is 8.78 Å². The predicted octanol–water partition coefficient (Wildman–Crippen LogP) is 0.908. The Morgan fingerprint density at radius 1 is 1.31 bits per heavy atom. The van der Waals surface area contributed by atoms with Crippen molar-refractivity contribution in [2.45, 2.75) is 6.54 Å². The van der Waals surface area contributed by atoms with E-state index < -0.39 is 17.3 Å². The third kappa shape index (κ3) is 1.73. The van der Waals surface area contributed by atoms with Crippen molar-refractivity contribution in [3.8, 4) is 0 Å². The molecular weight excluding hydrogens is 216 g/mol. The lowest BCUT2D eigenvalue weighted by atomic mass is 10.2. The van der Waals surface area contributed by atoms with Crippen LogP contribution in [-0.2, 0) is 13.6 Å². The highest BCUT2D eigenvalue weighted by atomic mass is 19.1. The van der Waals surface area contributed by atoms with Crippen LogP contribution in [0.1, 0.15) is 5.56 Å². The van der Waals surface area contributed by atoms with E-state index in [9.17, 15) is 13.6 Å². The first-order chi connectivity index (χ1) is 7.59. The molecule has 0 bridgehead atoms. The molecule has 1 aromatic heterocycles. The fourth-order valence-electron chi connectivity index (χ4n) is 1.36. The van der Waals surface area contributed by atoms with Gasteiger partial charge in [-0.25, -0.2) is 18.3 Å². The van der Waals surface area contributed by atoms with Gasteiger partial charge in [0.15, 0.2) is 0 Å². The Kier molecular flexibility index (Phi) is 2.55. The summed E-state index contributed by atoms with van der Waals surface area (Å²) in [6.07, 6.45) is 1.29. The number of halogens is 2. The zero-order valence-electron chi connectivity index (χ0n) is 8.52. The maximum Gasteiger partial charge on any atom is 0.345 e. The molecule has 0 aliphatic carbocycles. The molecule has 0 aliphatic rings. The Bertz CT molecular complexity index is 553. The van der Waals surface area contributed by atoms with Gasteiger partial charge in [0.2, 0.25) is 0 Å². The number of hydrogen-bond donors (Lipinski definition) is 0. The van der Waals surface area contributed by atoms with Gasteiger partial charge in [-0.1, -0.05) is 6.07 Å². The molecule has 16 heavy (non-hydrogen) atoms. The van der Waals surface area contributed by atoms with Crippen LogP contribution < -0.4 is 5.69 Å². The van der Waals surface area contributed by atoms with Crippen molar-refractivity contribution in [1.82, 2.24) is 14.3 Å². The van der Waals surface area contributed by atoms with E-state index in [2.05, 4.69) is 5.10 Å². The molecule has 0 amide bonds. The predicted molar refractivity (Wildman–Crippen MR) is 52.9 cm³/mol. The molecule has 0 saturated carbocycles. The summed E-state index contributed by atoms with van der Waals surface area (Å²) in [6, 6.07) is 3.56. The number of nitrogens with zero attached hydrogens (tertiary/aromatic N) is 3. The smallest absolute Gasteiger partial charge is 0.285 e. The van der Waals surface area contributed by atoms with Crippen LogP contribution >= 0.6 is 0 Å². The zero-order chi connectivity index (χ0) is 11.7. The van der Waals surface area contributed by atoms with Gasteiger partial charge in [0.05, 0.1) is 6.54 Å². The summed E-state index contributed by atoms with van der Waals surface area (Å²) < 4.78 is 28.8. The summed E-state index contributed by atoms with van der Waals surface area (Å²) in [5.74, 6) is -1.37. The highest BCUT2D eigenvalue weighted by Gasteiger charge is 2.11. The number of benzene rings is 1. The summed E-state index contributed by atoms with van der Waals surface area (Å²) >= 11 is 0. The normalized spacial score (nSPS) is 10.7. The van der Waals surface area contributed by atoms with Crippen LogP contribution in [0, 0.1) is 11.6 Å². The van der Waals surface area contributed by atoms with Crippen LogP contribution in [0.25, 0.3) is 0 Å². The molecule has 0 spiro atoms. The minimum absolute atomic E-state index is 0.164. The van der Waals surface area contributed by atoms with E-state index in [4.69, 9.17) is 0 Å². The maximum absolute atomic E-state index is 13.3. The van der Waals surface area contributed by atoms with Crippen molar-refractivity contribution in [3.05, 3.63) is 52.2 Å². The molecule has 0 fully saturated rings. The molecule has 0 unspecified atom stereocenters. The number of rotatable bonds is 2. The van der Waals surface area contributed by atoms with E-state index in [1.807, 2.05) is 0 Å². The van der Waals surface area contributed by atoms with Crippen molar-refractivity contribution in [3.63, 3.8) is 0 Å². The largest absolute Gasteiger partial charge is 0.345 e. The summed E-state index contributed by atoms with van der Waals surface area (Å²) in [5, 5.41) is 3.73. The van der Waals surface area contributed by atoms with E-state index in [1.54, 1.807) is 0 Å². The number of aryl methyl sites for hydroxylation is 1. The van der Waals surface area contributed by atoms with Crippen LogP contribution in [0.3, 0.4) is 0 Å². The first kappa shape index (κ1) is 10.5. The fourth-order valence-corrected chi connectivity index (χ4v) is 1.36. The standard InChI is InChI=1S/C10H9F2N3O/c1-14-6-13-15(10(14)16)5-7-8(11)3-2-4-9(7)12/h2-4,6H,5H2,1H3. The minimum atomic E-state index is -0.683.